The van der Waals surface area contributed by atoms with Crippen molar-refractivity contribution in [3.8, 4) is 0 Å². The van der Waals surface area contributed by atoms with Gasteiger partial charge < -0.3 is 14.5 Å². The fourth-order valence-electron chi connectivity index (χ4n) is 7.20. The van der Waals surface area contributed by atoms with Gasteiger partial charge in [0.15, 0.2) is 5.82 Å². The Morgan fingerprint density at radius 2 is 1.70 bits per heavy atom. The Morgan fingerprint density at radius 3 is 2.22 bits per heavy atom. The molecular weight excluding hydrogens is 480 g/mol. The highest BCUT2D eigenvalue weighted by molar-refractivity contribution is 6.01. The topological polar surface area (TPSA) is 96.5 Å². The fraction of sp³-hybridized carbons (Fsp3) is 0.643. The van der Waals surface area contributed by atoms with Crippen LogP contribution in [-0.4, -0.2) is 39.3 Å². The number of aromatic nitrogens is 2. The molecule has 8 rings (SSSR count). The van der Waals surface area contributed by atoms with Crippen LogP contribution in [0.2, 0.25) is 0 Å². The second-order valence-corrected chi connectivity index (χ2v) is 13.3. The number of carbonyl (C=O) groups is 2. The molecule has 1 amide bonds. The van der Waals surface area contributed by atoms with Gasteiger partial charge in [-0.1, -0.05) is 25.9 Å². The number of aromatic carboxylic acids is 1. The Balaban J connectivity index is 1.27. The summed E-state index contributed by atoms with van der Waals surface area (Å²) in [7, 11) is 0. The maximum Gasteiger partial charge on any atom is 0.338 e. The van der Waals surface area contributed by atoms with E-state index in [1.807, 2.05) is 0 Å². The number of carboxylic acid groups (broad SMARTS) is 1. The number of fused-ring (bicyclic) bond motifs is 3. The summed E-state index contributed by atoms with van der Waals surface area (Å²) in [6, 6.07) is 3.81. The predicted molar refractivity (Wildman–Crippen MR) is 131 cm³/mol. The van der Waals surface area contributed by atoms with Gasteiger partial charge in [-0.25, -0.2) is 13.6 Å². The van der Waals surface area contributed by atoms with Gasteiger partial charge in [-0.05, 0) is 81.4 Å². The fourth-order valence-corrected chi connectivity index (χ4v) is 7.20. The van der Waals surface area contributed by atoms with E-state index in [2.05, 4.69) is 25.9 Å². The standard InChI is InChI=1S/C28H33F2N3O4/c1-24(2,3)21-31-22(37-32-21)26-9-6-25(7-10-26,8-11-26)16-33(23(36)27-13-28(30,14-27)15-27)17-4-5-19(29)18(12-17)20(34)35/h4-5,12H,6-11,13-16H2,1-3H3,(H,34,35). The number of anilines is 1. The number of benzene rings is 1. The quantitative estimate of drug-likeness (QED) is 0.531. The molecule has 6 aliphatic rings. The Hall–Kier alpha value is -2.84. The molecule has 0 aliphatic heterocycles. The van der Waals surface area contributed by atoms with Gasteiger partial charge in [-0.2, -0.15) is 4.98 Å². The third-order valence-corrected chi connectivity index (χ3v) is 9.60. The molecule has 198 valence electrons. The zero-order valence-corrected chi connectivity index (χ0v) is 21.6. The summed E-state index contributed by atoms with van der Waals surface area (Å²) in [4.78, 5) is 31.8. The van der Waals surface area contributed by atoms with Crippen molar-refractivity contribution in [1.82, 2.24) is 10.1 Å². The minimum absolute atomic E-state index is 0.154. The second-order valence-electron chi connectivity index (χ2n) is 13.3. The average Bonchev–Trinajstić information content (AvgIpc) is 3.33. The van der Waals surface area contributed by atoms with E-state index in [9.17, 15) is 23.5 Å². The van der Waals surface area contributed by atoms with Crippen LogP contribution >= 0.6 is 0 Å². The molecule has 1 heterocycles. The van der Waals surface area contributed by atoms with E-state index in [0.29, 0.717) is 23.9 Å². The summed E-state index contributed by atoms with van der Waals surface area (Å²) in [5, 5.41) is 13.7. The summed E-state index contributed by atoms with van der Waals surface area (Å²) in [5.74, 6) is -0.994. The van der Waals surface area contributed by atoms with Gasteiger partial charge in [0.25, 0.3) is 0 Å². The van der Waals surface area contributed by atoms with Crippen LogP contribution in [0.4, 0.5) is 14.5 Å². The van der Waals surface area contributed by atoms with Gasteiger partial charge >= 0.3 is 5.97 Å². The molecule has 1 N–H and O–H groups in total. The lowest BCUT2D eigenvalue weighted by Crippen LogP contribution is -2.71. The molecule has 0 atom stereocenters. The first-order valence-corrected chi connectivity index (χ1v) is 13.2. The normalized spacial score (nSPS) is 34.0. The van der Waals surface area contributed by atoms with Gasteiger partial charge in [0.05, 0.1) is 11.0 Å². The van der Waals surface area contributed by atoms with Gasteiger partial charge in [-0.3, -0.25) is 4.79 Å². The van der Waals surface area contributed by atoms with E-state index < -0.39 is 28.4 Å². The molecule has 4 bridgehead atoms. The number of amides is 1. The molecule has 1 aromatic carbocycles. The number of hydrogen-bond acceptors (Lipinski definition) is 5. The smallest absolute Gasteiger partial charge is 0.338 e. The van der Waals surface area contributed by atoms with Crippen LogP contribution in [-0.2, 0) is 15.6 Å². The number of rotatable bonds is 6. The molecular formula is C28H33F2N3O4. The van der Waals surface area contributed by atoms with E-state index in [0.717, 1.165) is 44.6 Å². The predicted octanol–water partition coefficient (Wildman–Crippen LogP) is 5.72. The van der Waals surface area contributed by atoms with Crippen molar-refractivity contribution in [3.05, 3.63) is 41.3 Å². The molecule has 1 aromatic heterocycles. The Bertz CT molecular complexity index is 1250. The number of nitrogens with zero attached hydrogens (tertiary/aromatic N) is 3. The maximum absolute atomic E-state index is 14.3. The van der Waals surface area contributed by atoms with Crippen LogP contribution < -0.4 is 4.90 Å². The summed E-state index contributed by atoms with van der Waals surface area (Å²) >= 11 is 0. The SMILES string of the molecule is CC(C)(C)c1noc(C23CCC(CN(C(=O)C45CC(F)(C4)C5)c4ccc(F)c(C(=O)O)c4)(CC2)CC3)n1. The highest BCUT2D eigenvalue weighted by atomic mass is 19.1. The highest BCUT2D eigenvalue weighted by Crippen LogP contribution is 2.70. The molecule has 2 aromatic rings. The van der Waals surface area contributed by atoms with Crippen LogP contribution in [0.3, 0.4) is 0 Å². The molecule has 0 unspecified atom stereocenters. The van der Waals surface area contributed by atoms with E-state index in [1.165, 1.54) is 12.1 Å². The minimum atomic E-state index is -1.38. The van der Waals surface area contributed by atoms with Gasteiger partial charge in [0, 0.05) is 23.1 Å². The van der Waals surface area contributed by atoms with Crippen LogP contribution in [0.5, 0.6) is 0 Å². The molecule has 37 heavy (non-hydrogen) atoms. The Morgan fingerprint density at radius 1 is 1.08 bits per heavy atom. The van der Waals surface area contributed by atoms with E-state index in [4.69, 9.17) is 9.51 Å². The summed E-state index contributed by atoms with van der Waals surface area (Å²) in [6.45, 7) is 6.57. The van der Waals surface area contributed by atoms with Crippen LogP contribution in [0, 0.1) is 16.6 Å². The Labute approximate surface area is 214 Å². The summed E-state index contributed by atoms with van der Waals surface area (Å²) in [5.41, 5.74) is -2.57. The van der Waals surface area contributed by atoms with Crippen molar-refractivity contribution in [3.63, 3.8) is 0 Å². The summed E-state index contributed by atoms with van der Waals surface area (Å²) in [6.07, 6.45) is 5.81. The minimum Gasteiger partial charge on any atom is -0.478 e. The zero-order chi connectivity index (χ0) is 26.4. The first kappa shape index (κ1) is 24.5. The Kier molecular flexibility index (Phi) is 5.03. The molecule has 6 fully saturated rings. The van der Waals surface area contributed by atoms with E-state index in [-0.39, 0.29) is 41.4 Å². The molecule has 0 spiro atoms. The molecule has 7 nitrogen and oxygen atoms in total. The highest BCUT2D eigenvalue weighted by Gasteiger charge is 2.73. The second kappa shape index (κ2) is 7.60. The number of alkyl halides is 1. The third kappa shape index (κ3) is 3.71. The van der Waals surface area contributed by atoms with Gasteiger partial charge in [0.2, 0.25) is 11.8 Å². The van der Waals surface area contributed by atoms with Gasteiger partial charge in [0.1, 0.15) is 11.5 Å². The van der Waals surface area contributed by atoms with Crippen molar-refractivity contribution in [2.75, 3.05) is 11.4 Å². The average molecular weight is 514 g/mol. The van der Waals surface area contributed by atoms with Gasteiger partial charge in [-0.15, -0.1) is 0 Å². The first-order valence-electron chi connectivity index (χ1n) is 13.2. The van der Waals surface area contributed by atoms with Crippen LogP contribution in [0.1, 0.15) is 101 Å². The monoisotopic (exact) mass is 513 g/mol. The van der Waals surface area contributed by atoms with Crippen molar-refractivity contribution >= 4 is 17.6 Å². The van der Waals surface area contributed by atoms with Crippen molar-refractivity contribution in [2.24, 2.45) is 10.8 Å². The molecule has 9 heteroatoms. The third-order valence-electron chi connectivity index (χ3n) is 9.60. The molecule has 0 radical (unpaired) electrons. The van der Waals surface area contributed by atoms with Crippen molar-refractivity contribution < 1.29 is 28.0 Å². The number of carboxylic acids is 1. The summed E-state index contributed by atoms with van der Waals surface area (Å²) < 4.78 is 34.3. The van der Waals surface area contributed by atoms with E-state index in [1.54, 1.807) is 4.90 Å². The van der Waals surface area contributed by atoms with E-state index >= 15 is 0 Å². The zero-order valence-electron chi connectivity index (χ0n) is 21.6. The van der Waals surface area contributed by atoms with Crippen molar-refractivity contribution in [2.45, 2.75) is 95.1 Å². The number of hydrogen-bond donors (Lipinski definition) is 1. The molecule has 0 saturated heterocycles. The molecule has 6 aliphatic carbocycles. The maximum atomic E-state index is 14.3. The first-order chi connectivity index (χ1) is 17.3. The lowest BCUT2D eigenvalue weighted by molar-refractivity contribution is -0.211. The van der Waals surface area contributed by atoms with Crippen LogP contribution in [0.15, 0.2) is 22.7 Å². The van der Waals surface area contributed by atoms with Crippen LogP contribution in [0.25, 0.3) is 0 Å². The lowest BCUT2D eigenvalue weighted by atomic mass is 9.41. The number of carbonyl (C=O) groups excluding carboxylic acids is 1. The van der Waals surface area contributed by atoms with Crippen molar-refractivity contribution in [1.29, 1.82) is 0 Å². The largest absolute Gasteiger partial charge is 0.478 e. The lowest BCUT2D eigenvalue weighted by Gasteiger charge is -2.65. The molecule has 6 saturated carbocycles. The number of halogens is 2.